The molecule has 3 heteroatoms. The normalized spacial score (nSPS) is 13.1. The molecule has 0 spiro atoms. The van der Waals surface area contributed by atoms with Crippen molar-refractivity contribution in [3.63, 3.8) is 0 Å². The largest absolute Gasteiger partial charge is 0.179 e. The van der Waals surface area contributed by atoms with Gasteiger partial charge in [-0.3, -0.25) is 0 Å². The van der Waals surface area contributed by atoms with Crippen LogP contribution in [0.5, 0.6) is 0 Å². The number of thioether (sulfide) groups is 1. The highest BCUT2D eigenvalue weighted by Gasteiger charge is 2.11. The second-order valence-corrected chi connectivity index (χ2v) is 5.85. The number of halogens is 1. The Kier molecular flexibility index (Phi) is 5.95. The Morgan fingerprint density at radius 2 is 1.87 bits per heavy atom. The summed E-state index contributed by atoms with van der Waals surface area (Å²) in [6.45, 7) is 4.51. The highest BCUT2D eigenvalue weighted by molar-refractivity contribution is 7.99. The zero-order valence-corrected chi connectivity index (χ0v) is 11.6. The van der Waals surface area contributed by atoms with Crippen molar-refractivity contribution >= 4 is 36.0 Å². The molecule has 1 aromatic carbocycles. The minimum Gasteiger partial charge on any atom is -0.179 e. The molecule has 0 nitrogen and oxygen atoms in total. The van der Waals surface area contributed by atoms with E-state index in [-0.39, 0.29) is 0 Å². The van der Waals surface area contributed by atoms with E-state index in [1.165, 1.54) is 4.90 Å². The van der Waals surface area contributed by atoms with Gasteiger partial charge in [-0.1, -0.05) is 25.4 Å². The summed E-state index contributed by atoms with van der Waals surface area (Å²) >= 11 is 12.1. The minimum atomic E-state index is 0.675. The molecule has 0 heterocycles. The van der Waals surface area contributed by atoms with Crippen LogP contribution in [0.15, 0.2) is 29.2 Å². The third kappa shape index (κ3) is 4.71. The lowest BCUT2D eigenvalue weighted by Gasteiger charge is -2.17. The van der Waals surface area contributed by atoms with E-state index in [1.54, 1.807) is 0 Å². The van der Waals surface area contributed by atoms with Crippen molar-refractivity contribution in [1.82, 2.24) is 0 Å². The van der Waals surface area contributed by atoms with Crippen molar-refractivity contribution in [1.29, 1.82) is 0 Å². The first-order chi connectivity index (χ1) is 7.13. The van der Waals surface area contributed by atoms with E-state index in [4.69, 9.17) is 11.6 Å². The van der Waals surface area contributed by atoms with Crippen LogP contribution in [0.4, 0.5) is 0 Å². The van der Waals surface area contributed by atoms with E-state index in [0.717, 1.165) is 16.5 Å². The first-order valence-corrected chi connectivity index (χ1v) is 7.12. The quantitative estimate of drug-likeness (QED) is 0.595. The highest BCUT2D eigenvalue weighted by Crippen LogP contribution is 2.25. The molecule has 0 aromatic heterocycles. The summed E-state index contributed by atoms with van der Waals surface area (Å²) in [5.41, 5.74) is 0. The lowest BCUT2D eigenvalue weighted by Crippen LogP contribution is -2.13. The Morgan fingerprint density at radius 1 is 1.27 bits per heavy atom. The molecule has 1 rings (SSSR count). The molecule has 1 atom stereocenters. The predicted molar refractivity (Wildman–Crippen MR) is 74.4 cm³/mol. The number of rotatable bonds is 5. The van der Waals surface area contributed by atoms with Gasteiger partial charge in [0.15, 0.2) is 0 Å². The molecular formula is C12H17ClS2. The number of benzene rings is 1. The van der Waals surface area contributed by atoms with Crippen molar-refractivity contribution in [2.24, 2.45) is 11.8 Å². The smallest absolute Gasteiger partial charge is 0.0406 e. The summed E-state index contributed by atoms with van der Waals surface area (Å²) in [4.78, 5) is 1.28. The van der Waals surface area contributed by atoms with Crippen LogP contribution in [0.1, 0.15) is 13.8 Å². The van der Waals surface area contributed by atoms with Crippen LogP contribution >= 0.6 is 36.0 Å². The number of thiol groups is 1. The maximum Gasteiger partial charge on any atom is 0.0406 e. The Hall–Kier alpha value is 0.210. The maximum atomic E-state index is 5.83. The second-order valence-electron chi connectivity index (χ2n) is 3.95. The van der Waals surface area contributed by atoms with E-state index in [9.17, 15) is 0 Å². The first kappa shape index (κ1) is 13.3. The molecule has 0 fully saturated rings. The fourth-order valence-electron chi connectivity index (χ4n) is 1.19. The summed E-state index contributed by atoms with van der Waals surface area (Å²) in [5, 5.41) is 0.800. The molecule has 1 aromatic rings. The summed E-state index contributed by atoms with van der Waals surface area (Å²) in [5.74, 6) is 3.46. The first-order valence-electron chi connectivity index (χ1n) is 5.12. The molecular weight excluding hydrogens is 244 g/mol. The molecule has 15 heavy (non-hydrogen) atoms. The van der Waals surface area contributed by atoms with Gasteiger partial charge in [-0.2, -0.15) is 12.6 Å². The van der Waals surface area contributed by atoms with Gasteiger partial charge in [-0.05, 0) is 41.9 Å². The van der Waals surface area contributed by atoms with Gasteiger partial charge in [-0.25, -0.2) is 0 Å². The molecule has 0 saturated heterocycles. The van der Waals surface area contributed by atoms with Crippen molar-refractivity contribution in [3.8, 4) is 0 Å². The lowest BCUT2D eigenvalue weighted by molar-refractivity contribution is 0.473. The molecule has 0 radical (unpaired) electrons. The molecule has 0 aliphatic rings. The Balaban J connectivity index is 2.45. The van der Waals surface area contributed by atoms with E-state index >= 15 is 0 Å². The Morgan fingerprint density at radius 3 is 2.33 bits per heavy atom. The van der Waals surface area contributed by atoms with Crippen LogP contribution in [0.25, 0.3) is 0 Å². The summed E-state index contributed by atoms with van der Waals surface area (Å²) in [6.07, 6.45) is 0. The SMILES string of the molecule is CC(C)C(CS)CSc1ccc(Cl)cc1. The predicted octanol–water partition coefficient (Wildman–Crippen LogP) is 4.63. The molecule has 0 amide bonds. The molecule has 0 aliphatic heterocycles. The van der Waals surface area contributed by atoms with Gasteiger partial charge in [0.25, 0.3) is 0 Å². The van der Waals surface area contributed by atoms with Crippen molar-refractivity contribution in [3.05, 3.63) is 29.3 Å². The zero-order chi connectivity index (χ0) is 11.3. The lowest BCUT2D eigenvalue weighted by atomic mass is 10.0. The topological polar surface area (TPSA) is 0 Å². The van der Waals surface area contributed by atoms with Crippen molar-refractivity contribution in [2.45, 2.75) is 18.7 Å². The summed E-state index contributed by atoms with van der Waals surface area (Å²) in [7, 11) is 0. The third-order valence-electron chi connectivity index (χ3n) is 2.46. The van der Waals surface area contributed by atoms with Gasteiger partial charge in [0.2, 0.25) is 0 Å². The van der Waals surface area contributed by atoms with Gasteiger partial charge in [0.05, 0.1) is 0 Å². The average molecular weight is 261 g/mol. The van der Waals surface area contributed by atoms with Crippen LogP contribution in [0.2, 0.25) is 5.02 Å². The van der Waals surface area contributed by atoms with Crippen LogP contribution < -0.4 is 0 Å². The van der Waals surface area contributed by atoms with E-state index in [1.807, 2.05) is 23.9 Å². The third-order valence-corrected chi connectivity index (χ3v) is 4.38. The van der Waals surface area contributed by atoms with Crippen LogP contribution in [-0.2, 0) is 0 Å². The number of hydrogen-bond acceptors (Lipinski definition) is 2. The fourth-order valence-corrected chi connectivity index (χ4v) is 3.28. The second kappa shape index (κ2) is 6.72. The van der Waals surface area contributed by atoms with E-state index < -0.39 is 0 Å². The summed E-state index contributed by atoms with van der Waals surface area (Å²) in [6, 6.07) is 8.02. The molecule has 0 bridgehead atoms. The van der Waals surface area contributed by atoms with Gasteiger partial charge >= 0.3 is 0 Å². The van der Waals surface area contributed by atoms with Crippen LogP contribution in [-0.4, -0.2) is 11.5 Å². The molecule has 1 unspecified atom stereocenters. The van der Waals surface area contributed by atoms with Gasteiger partial charge < -0.3 is 0 Å². The number of hydrogen-bond donors (Lipinski definition) is 1. The van der Waals surface area contributed by atoms with E-state index in [0.29, 0.717) is 11.8 Å². The van der Waals surface area contributed by atoms with Gasteiger partial charge in [-0.15, -0.1) is 11.8 Å². The molecule has 84 valence electrons. The van der Waals surface area contributed by atoms with E-state index in [2.05, 4.69) is 38.6 Å². The standard InChI is InChI=1S/C12H17ClS2/c1-9(2)10(7-14)8-15-12-5-3-11(13)4-6-12/h3-6,9-10,14H,7-8H2,1-2H3. The monoisotopic (exact) mass is 260 g/mol. The Bertz CT molecular complexity index is 282. The van der Waals surface area contributed by atoms with Gasteiger partial charge in [0, 0.05) is 15.7 Å². The van der Waals surface area contributed by atoms with Gasteiger partial charge in [0.1, 0.15) is 0 Å². The summed E-state index contributed by atoms with van der Waals surface area (Å²) < 4.78 is 0. The van der Waals surface area contributed by atoms with Crippen LogP contribution in [0.3, 0.4) is 0 Å². The Labute approximate surface area is 107 Å². The average Bonchev–Trinajstić information content (AvgIpc) is 2.21. The molecule has 0 aliphatic carbocycles. The minimum absolute atomic E-state index is 0.675. The van der Waals surface area contributed by atoms with Crippen molar-refractivity contribution in [2.75, 3.05) is 11.5 Å². The zero-order valence-electron chi connectivity index (χ0n) is 9.11. The maximum absolute atomic E-state index is 5.83. The van der Waals surface area contributed by atoms with Crippen LogP contribution in [0, 0.1) is 11.8 Å². The molecule has 0 N–H and O–H groups in total. The fraction of sp³-hybridized carbons (Fsp3) is 0.500. The highest BCUT2D eigenvalue weighted by atomic mass is 35.5. The molecule has 0 saturated carbocycles. The van der Waals surface area contributed by atoms with Crippen molar-refractivity contribution < 1.29 is 0 Å².